The SMILES string of the molecule is CNC(=O)c1c2cc(C3CC3)c(N(CCCNC(=O)c3cnoc3)S(C)(=O)=O)cc2nn1-c1ccc(Br)cc1. The zero-order valence-electron chi connectivity index (χ0n) is 21.3. The summed E-state index contributed by atoms with van der Waals surface area (Å²) in [7, 11) is -2.10. The van der Waals surface area contributed by atoms with Gasteiger partial charge in [0.05, 0.1) is 34.9 Å². The lowest BCUT2D eigenvalue weighted by molar-refractivity contribution is 0.0946. The smallest absolute Gasteiger partial charge is 0.270 e. The van der Waals surface area contributed by atoms with Gasteiger partial charge in [0.15, 0.2) is 0 Å². The first-order valence-electron chi connectivity index (χ1n) is 12.4. The van der Waals surface area contributed by atoms with Gasteiger partial charge in [-0.25, -0.2) is 13.1 Å². The molecule has 0 atom stereocenters. The molecule has 204 valence electrons. The van der Waals surface area contributed by atoms with E-state index >= 15 is 0 Å². The van der Waals surface area contributed by atoms with Crippen LogP contribution in [0.3, 0.4) is 0 Å². The third-order valence-electron chi connectivity index (χ3n) is 6.54. The summed E-state index contributed by atoms with van der Waals surface area (Å²) in [4.78, 5) is 25.2. The number of benzene rings is 2. The van der Waals surface area contributed by atoms with E-state index in [1.807, 2.05) is 30.3 Å². The van der Waals surface area contributed by atoms with Crippen molar-refractivity contribution in [1.29, 1.82) is 0 Å². The molecule has 2 heterocycles. The van der Waals surface area contributed by atoms with Crippen molar-refractivity contribution in [3.05, 3.63) is 70.2 Å². The second kappa shape index (κ2) is 10.8. The topological polar surface area (TPSA) is 139 Å². The van der Waals surface area contributed by atoms with Crippen LogP contribution in [0.2, 0.25) is 0 Å². The van der Waals surface area contributed by atoms with Gasteiger partial charge >= 0.3 is 0 Å². The maximum atomic E-state index is 13.0. The van der Waals surface area contributed by atoms with Gasteiger partial charge in [0.1, 0.15) is 12.0 Å². The maximum absolute atomic E-state index is 13.0. The molecule has 0 aliphatic heterocycles. The molecular weight excluding hydrogens is 588 g/mol. The van der Waals surface area contributed by atoms with Crippen LogP contribution < -0.4 is 14.9 Å². The number of aromatic nitrogens is 3. The lowest BCUT2D eigenvalue weighted by Gasteiger charge is -2.25. The van der Waals surface area contributed by atoms with Crippen molar-refractivity contribution in [2.45, 2.75) is 25.2 Å². The van der Waals surface area contributed by atoms with Crippen LogP contribution in [0.5, 0.6) is 0 Å². The number of amides is 2. The highest BCUT2D eigenvalue weighted by Gasteiger charge is 2.32. The van der Waals surface area contributed by atoms with Crippen LogP contribution in [0.15, 0.2) is 57.9 Å². The summed E-state index contributed by atoms with van der Waals surface area (Å²) < 4.78 is 34.5. The maximum Gasteiger partial charge on any atom is 0.270 e. The molecule has 1 fully saturated rings. The molecule has 1 aliphatic rings. The number of nitrogens with zero attached hydrogens (tertiary/aromatic N) is 4. The van der Waals surface area contributed by atoms with Crippen LogP contribution in [0.4, 0.5) is 5.69 Å². The van der Waals surface area contributed by atoms with Crippen molar-refractivity contribution in [1.82, 2.24) is 25.6 Å². The first-order valence-corrected chi connectivity index (χ1v) is 15.0. The molecule has 11 nitrogen and oxygen atoms in total. The molecule has 2 N–H and O–H groups in total. The Balaban J connectivity index is 1.52. The fourth-order valence-electron chi connectivity index (χ4n) is 4.49. The van der Waals surface area contributed by atoms with Crippen LogP contribution in [-0.4, -0.2) is 61.6 Å². The molecular formula is C26H27BrN6O5S. The Morgan fingerprint density at radius 1 is 1.18 bits per heavy atom. The minimum absolute atomic E-state index is 0.156. The van der Waals surface area contributed by atoms with E-state index in [1.165, 1.54) is 23.0 Å². The van der Waals surface area contributed by atoms with Crippen LogP contribution in [-0.2, 0) is 10.0 Å². The highest BCUT2D eigenvalue weighted by Crippen LogP contribution is 2.46. The molecule has 39 heavy (non-hydrogen) atoms. The van der Waals surface area contributed by atoms with Crippen LogP contribution in [0, 0.1) is 0 Å². The van der Waals surface area contributed by atoms with E-state index in [4.69, 9.17) is 9.62 Å². The molecule has 2 aromatic heterocycles. The van der Waals surface area contributed by atoms with Crippen LogP contribution >= 0.6 is 15.9 Å². The molecule has 5 rings (SSSR count). The van der Waals surface area contributed by atoms with Gasteiger partial charge in [-0.15, -0.1) is 0 Å². The molecule has 1 aliphatic carbocycles. The third kappa shape index (κ3) is 5.69. The number of fused-ring (bicyclic) bond motifs is 1. The highest BCUT2D eigenvalue weighted by atomic mass is 79.9. The quantitative estimate of drug-likeness (QED) is 0.260. The van der Waals surface area contributed by atoms with E-state index in [-0.39, 0.29) is 30.8 Å². The minimum Gasteiger partial charge on any atom is -0.364 e. The molecule has 4 aromatic rings. The number of halogens is 1. The van der Waals surface area contributed by atoms with Crippen molar-refractivity contribution >= 4 is 54.4 Å². The normalized spacial score (nSPS) is 13.4. The number of anilines is 1. The van der Waals surface area contributed by atoms with Gasteiger partial charge in [0, 0.05) is 30.0 Å². The Bertz CT molecular complexity index is 1630. The largest absolute Gasteiger partial charge is 0.364 e. The molecule has 0 bridgehead atoms. The van der Waals surface area contributed by atoms with E-state index in [9.17, 15) is 18.0 Å². The molecule has 0 unspecified atom stereocenters. The standard InChI is InChI=1S/C26H27BrN6O5S/c1-28-26(35)24-21-12-20(16-4-5-16)23(13-22(21)31-33(24)19-8-6-18(27)7-9-19)32(39(2,36)37)11-3-10-29-25(34)17-14-30-38-15-17/h6-9,12-16H,3-5,10-11H2,1-2H3,(H,28,35)(H,29,34). The van der Waals surface area contributed by atoms with Crippen molar-refractivity contribution < 1.29 is 22.5 Å². The fraction of sp³-hybridized carbons (Fsp3) is 0.308. The van der Waals surface area contributed by atoms with E-state index in [1.54, 1.807) is 17.8 Å². The number of sulfonamides is 1. The number of carbonyl (C=O) groups is 2. The van der Waals surface area contributed by atoms with E-state index in [2.05, 4.69) is 31.7 Å². The monoisotopic (exact) mass is 614 g/mol. The molecule has 0 radical (unpaired) electrons. The average Bonchev–Trinajstić information content (AvgIpc) is 3.46. The second-order valence-corrected chi connectivity index (χ2v) is 12.2. The molecule has 0 spiro atoms. The number of hydrogen-bond acceptors (Lipinski definition) is 7. The van der Waals surface area contributed by atoms with Crippen LogP contribution in [0.25, 0.3) is 16.6 Å². The second-order valence-electron chi connectivity index (χ2n) is 9.38. The molecule has 0 saturated heterocycles. The Morgan fingerprint density at radius 3 is 2.54 bits per heavy atom. The lowest BCUT2D eigenvalue weighted by atomic mass is 10.0. The van der Waals surface area contributed by atoms with E-state index < -0.39 is 10.0 Å². The zero-order valence-corrected chi connectivity index (χ0v) is 23.8. The van der Waals surface area contributed by atoms with Crippen molar-refractivity contribution in [3.63, 3.8) is 0 Å². The van der Waals surface area contributed by atoms with Gasteiger partial charge in [-0.05, 0) is 67.1 Å². The Hall–Kier alpha value is -3.71. The summed E-state index contributed by atoms with van der Waals surface area (Å²) in [6.45, 7) is 0.416. The first-order chi connectivity index (χ1) is 18.7. The summed E-state index contributed by atoms with van der Waals surface area (Å²) in [5.41, 5.74) is 3.29. The van der Waals surface area contributed by atoms with Crippen molar-refractivity contribution in [2.75, 3.05) is 30.7 Å². The zero-order chi connectivity index (χ0) is 27.7. The summed E-state index contributed by atoms with van der Waals surface area (Å²) in [6.07, 6.45) is 5.97. The van der Waals surface area contributed by atoms with Crippen molar-refractivity contribution in [2.24, 2.45) is 0 Å². The number of hydrogen-bond donors (Lipinski definition) is 2. The average molecular weight is 616 g/mol. The van der Waals surface area contributed by atoms with Gasteiger partial charge in [-0.2, -0.15) is 5.10 Å². The molecule has 2 aromatic carbocycles. The number of nitrogens with one attached hydrogen (secondary N) is 2. The highest BCUT2D eigenvalue weighted by molar-refractivity contribution is 9.10. The summed E-state index contributed by atoms with van der Waals surface area (Å²) >= 11 is 3.43. The van der Waals surface area contributed by atoms with Gasteiger partial charge in [0.25, 0.3) is 11.8 Å². The van der Waals surface area contributed by atoms with Gasteiger partial charge in [-0.3, -0.25) is 13.9 Å². The minimum atomic E-state index is -3.66. The van der Waals surface area contributed by atoms with Gasteiger partial charge in [-0.1, -0.05) is 21.1 Å². The third-order valence-corrected chi connectivity index (χ3v) is 8.25. The van der Waals surface area contributed by atoms with E-state index in [0.29, 0.717) is 40.0 Å². The van der Waals surface area contributed by atoms with Gasteiger partial charge < -0.3 is 15.2 Å². The number of carbonyl (C=O) groups excluding carboxylic acids is 2. The Kier molecular flexibility index (Phi) is 7.45. The van der Waals surface area contributed by atoms with Crippen LogP contribution in [0.1, 0.15) is 51.6 Å². The summed E-state index contributed by atoms with van der Waals surface area (Å²) in [6, 6.07) is 11.1. The number of rotatable bonds is 10. The predicted molar refractivity (Wildman–Crippen MR) is 150 cm³/mol. The molecule has 1 saturated carbocycles. The Morgan fingerprint density at radius 2 is 1.92 bits per heavy atom. The van der Waals surface area contributed by atoms with E-state index in [0.717, 1.165) is 22.9 Å². The van der Waals surface area contributed by atoms with Crippen molar-refractivity contribution in [3.8, 4) is 5.69 Å². The Labute approximate surface area is 233 Å². The lowest BCUT2D eigenvalue weighted by Crippen LogP contribution is -2.34. The summed E-state index contributed by atoms with van der Waals surface area (Å²) in [5.74, 6) is -0.448. The first kappa shape index (κ1) is 26.9. The molecule has 2 amide bonds. The summed E-state index contributed by atoms with van der Waals surface area (Å²) in [5, 5.41) is 14.3. The van der Waals surface area contributed by atoms with Gasteiger partial charge in [0.2, 0.25) is 10.0 Å². The molecule has 13 heteroatoms. The fourth-order valence-corrected chi connectivity index (χ4v) is 5.73. The predicted octanol–water partition coefficient (Wildman–Crippen LogP) is 3.60.